The fraction of sp³-hybridized carbons (Fsp3) is 0.333. The van der Waals surface area contributed by atoms with Gasteiger partial charge in [-0.3, -0.25) is 14.3 Å². The number of hydrogen-bond donors (Lipinski definition) is 0. The lowest BCUT2D eigenvalue weighted by molar-refractivity contribution is 0.0175. The second-order valence-corrected chi connectivity index (χ2v) is 6.92. The summed E-state index contributed by atoms with van der Waals surface area (Å²) in [4.78, 5) is 30.9. The number of fused-ring (bicyclic) bond motifs is 1. The molecule has 4 rings (SSSR count). The van der Waals surface area contributed by atoms with Gasteiger partial charge in [-0.25, -0.2) is 15.0 Å². The zero-order valence-electron chi connectivity index (χ0n) is 16.8. The topological polar surface area (TPSA) is 80.6 Å². The lowest BCUT2D eigenvalue weighted by atomic mass is 10.1. The average molecular weight is 393 g/mol. The summed E-state index contributed by atoms with van der Waals surface area (Å²) >= 11 is 0. The van der Waals surface area contributed by atoms with Crippen molar-refractivity contribution >= 4 is 22.7 Å². The normalized spacial score (nSPS) is 13.9. The number of carbonyl (C=O) groups excluding carboxylic acids is 2. The number of amides is 2. The van der Waals surface area contributed by atoms with Crippen LogP contribution in [0.15, 0.2) is 36.4 Å². The summed E-state index contributed by atoms with van der Waals surface area (Å²) in [5.74, 6) is 0.0287. The van der Waals surface area contributed by atoms with Crippen LogP contribution in [0.25, 0.3) is 10.9 Å². The quantitative estimate of drug-likeness (QED) is 0.681. The van der Waals surface area contributed by atoms with Gasteiger partial charge in [0.2, 0.25) is 0 Å². The van der Waals surface area contributed by atoms with Crippen LogP contribution in [0.2, 0.25) is 0 Å². The Kier molecular flexibility index (Phi) is 4.92. The smallest absolute Gasteiger partial charge is 0.291 e. The number of rotatable bonds is 4. The maximum atomic E-state index is 13.3. The molecule has 3 aromatic rings. The minimum atomic E-state index is -0.320. The van der Waals surface area contributed by atoms with E-state index in [0.29, 0.717) is 43.0 Å². The van der Waals surface area contributed by atoms with E-state index in [-0.39, 0.29) is 17.5 Å². The van der Waals surface area contributed by atoms with Gasteiger partial charge >= 0.3 is 0 Å². The van der Waals surface area contributed by atoms with Crippen molar-refractivity contribution < 1.29 is 14.3 Å². The summed E-state index contributed by atoms with van der Waals surface area (Å²) in [5.41, 5.74) is 2.18. The molecule has 2 amide bonds. The van der Waals surface area contributed by atoms with Gasteiger partial charge in [0.25, 0.3) is 11.8 Å². The summed E-state index contributed by atoms with van der Waals surface area (Å²) < 4.78 is 7.12. The SMILES string of the molecule is CCn1nc(C)cc1C(=O)N1CCCN1C(=O)c1cc(OC)c2ccccc2n1. The van der Waals surface area contributed by atoms with Gasteiger partial charge in [0.15, 0.2) is 0 Å². The average Bonchev–Trinajstić information content (AvgIpc) is 3.38. The van der Waals surface area contributed by atoms with Crippen LogP contribution in [0.4, 0.5) is 0 Å². The highest BCUT2D eigenvalue weighted by molar-refractivity contribution is 6.00. The Labute approximate surface area is 168 Å². The standard InChI is InChI=1S/C21H23N5O3/c1-4-24-18(12-14(2)23-24)21(28)26-11-7-10-25(26)20(27)17-13-19(29-3)15-8-5-6-9-16(15)22-17/h5-6,8-9,12-13H,4,7,10-11H2,1-3H3. The molecule has 0 atom stereocenters. The summed E-state index contributed by atoms with van der Waals surface area (Å²) in [6.45, 7) is 5.30. The van der Waals surface area contributed by atoms with Gasteiger partial charge in [0.1, 0.15) is 17.1 Å². The first-order chi connectivity index (χ1) is 14.0. The van der Waals surface area contributed by atoms with E-state index >= 15 is 0 Å². The molecule has 1 aromatic carbocycles. The third-order valence-electron chi connectivity index (χ3n) is 5.04. The van der Waals surface area contributed by atoms with E-state index in [1.165, 1.54) is 10.0 Å². The molecule has 2 aromatic heterocycles. The number of aromatic nitrogens is 3. The predicted molar refractivity (Wildman–Crippen MR) is 108 cm³/mol. The Hall–Kier alpha value is -3.42. The van der Waals surface area contributed by atoms with Crippen molar-refractivity contribution in [2.75, 3.05) is 20.2 Å². The molecule has 1 saturated heterocycles. The maximum Gasteiger partial charge on any atom is 0.291 e. The molecule has 0 N–H and O–H groups in total. The van der Waals surface area contributed by atoms with E-state index in [0.717, 1.165) is 11.1 Å². The van der Waals surface area contributed by atoms with Gasteiger partial charge in [-0.15, -0.1) is 0 Å². The molecule has 0 aliphatic carbocycles. The third kappa shape index (κ3) is 3.30. The van der Waals surface area contributed by atoms with E-state index in [2.05, 4.69) is 10.1 Å². The summed E-state index contributed by atoms with van der Waals surface area (Å²) in [7, 11) is 1.57. The van der Waals surface area contributed by atoms with Gasteiger partial charge in [-0.05, 0) is 38.5 Å². The fourth-order valence-electron chi connectivity index (χ4n) is 3.68. The molecule has 0 saturated carbocycles. The zero-order valence-corrected chi connectivity index (χ0v) is 16.8. The lowest BCUT2D eigenvalue weighted by Crippen LogP contribution is -2.45. The van der Waals surface area contributed by atoms with Crippen LogP contribution < -0.4 is 4.74 Å². The molecule has 0 bridgehead atoms. The Morgan fingerprint density at radius 3 is 2.55 bits per heavy atom. The monoisotopic (exact) mass is 393 g/mol. The highest BCUT2D eigenvalue weighted by Gasteiger charge is 2.34. The molecule has 8 nitrogen and oxygen atoms in total. The molecule has 1 aliphatic rings. The predicted octanol–water partition coefficient (Wildman–Crippen LogP) is 2.67. The molecule has 0 spiro atoms. The molecule has 8 heteroatoms. The van der Waals surface area contributed by atoms with E-state index in [4.69, 9.17) is 4.74 Å². The van der Waals surface area contributed by atoms with Gasteiger partial charge in [0.05, 0.1) is 18.3 Å². The maximum absolute atomic E-state index is 13.3. The second kappa shape index (κ2) is 7.54. The van der Waals surface area contributed by atoms with Gasteiger partial charge in [0, 0.05) is 31.1 Å². The van der Waals surface area contributed by atoms with E-state index in [1.54, 1.807) is 23.9 Å². The number of benzene rings is 1. The largest absolute Gasteiger partial charge is 0.496 e. The highest BCUT2D eigenvalue weighted by atomic mass is 16.5. The molecule has 0 unspecified atom stereocenters. The molecule has 0 radical (unpaired) electrons. The third-order valence-corrected chi connectivity index (χ3v) is 5.04. The van der Waals surface area contributed by atoms with Gasteiger partial charge < -0.3 is 4.74 Å². The Morgan fingerprint density at radius 2 is 1.83 bits per heavy atom. The van der Waals surface area contributed by atoms with Crippen LogP contribution in [-0.4, -0.2) is 56.8 Å². The number of para-hydroxylation sites is 1. The number of nitrogens with zero attached hydrogens (tertiary/aromatic N) is 5. The van der Waals surface area contributed by atoms with Gasteiger partial charge in [-0.2, -0.15) is 5.10 Å². The number of methoxy groups -OCH3 is 1. The Morgan fingerprint density at radius 1 is 1.10 bits per heavy atom. The number of pyridine rings is 1. The Bertz CT molecular complexity index is 1090. The van der Waals surface area contributed by atoms with Crippen molar-refractivity contribution in [2.24, 2.45) is 0 Å². The number of carbonyl (C=O) groups is 2. The number of ether oxygens (including phenoxy) is 1. The van der Waals surface area contributed by atoms with Crippen molar-refractivity contribution in [3.05, 3.63) is 53.5 Å². The summed E-state index contributed by atoms with van der Waals surface area (Å²) in [5, 5.41) is 8.15. The minimum Gasteiger partial charge on any atom is -0.496 e. The van der Waals surface area contributed by atoms with E-state index in [1.807, 2.05) is 38.1 Å². The summed E-state index contributed by atoms with van der Waals surface area (Å²) in [6, 6.07) is 10.9. The second-order valence-electron chi connectivity index (χ2n) is 6.92. The zero-order chi connectivity index (χ0) is 20.5. The van der Waals surface area contributed by atoms with Crippen LogP contribution >= 0.6 is 0 Å². The highest BCUT2D eigenvalue weighted by Crippen LogP contribution is 2.27. The van der Waals surface area contributed by atoms with Crippen LogP contribution in [-0.2, 0) is 6.54 Å². The molecule has 1 aliphatic heterocycles. The fourth-order valence-corrected chi connectivity index (χ4v) is 3.68. The van der Waals surface area contributed by atoms with Crippen molar-refractivity contribution in [1.29, 1.82) is 0 Å². The number of aryl methyl sites for hydroxylation is 2. The van der Waals surface area contributed by atoms with E-state index in [9.17, 15) is 9.59 Å². The number of hydrazine groups is 1. The Balaban J connectivity index is 1.68. The van der Waals surface area contributed by atoms with Crippen molar-refractivity contribution in [2.45, 2.75) is 26.8 Å². The molecule has 3 heterocycles. The molecule has 1 fully saturated rings. The first-order valence-corrected chi connectivity index (χ1v) is 9.65. The molecular formula is C21H23N5O3. The lowest BCUT2D eigenvalue weighted by Gasteiger charge is -2.27. The first-order valence-electron chi connectivity index (χ1n) is 9.65. The van der Waals surface area contributed by atoms with Crippen LogP contribution in [0, 0.1) is 6.92 Å². The van der Waals surface area contributed by atoms with E-state index < -0.39 is 0 Å². The first kappa shape index (κ1) is 18.9. The van der Waals surface area contributed by atoms with Crippen molar-refractivity contribution in [3.63, 3.8) is 0 Å². The van der Waals surface area contributed by atoms with Crippen molar-refractivity contribution in [3.8, 4) is 5.75 Å². The molecule has 29 heavy (non-hydrogen) atoms. The number of hydrogen-bond acceptors (Lipinski definition) is 5. The molecular weight excluding hydrogens is 370 g/mol. The van der Waals surface area contributed by atoms with Crippen LogP contribution in [0.3, 0.4) is 0 Å². The molecule has 150 valence electrons. The minimum absolute atomic E-state index is 0.231. The van der Waals surface area contributed by atoms with Crippen LogP contribution in [0.5, 0.6) is 5.75 Å². The van der Waals surface area contributed by atoms with Gasteiger partial charge in [-0.1, -0.05) is 12.1 Å². The van der Waals surface area contributed by atoms with Crippen molar-refractivity contribution in [1.82, 2.24) is 24.8 Å². The summed E-state index contributed by atoms with van der Waals surface area (Å²) in [6.07, 6.45) is 0.710. The van der Waals surface area contributed by atoms with Crippen LogP contribution in [0.1, 0.15) is 40.0 Å².